The Bertz CT molecular complexity index is 761. The van der Waals surface area contributed by atoms with Gasteiger partial charge in [0.15, 0.2) is 17.7 Å². The van der Waals surface area contributed by atoms with Crippen LogP contribution in [0.4, 0.5) is 4.39 Å². The van der Waals surface area contributed by atoms with Crippen molar-refractivity contribution >= 4 is 5.91 Å². The van der Waals surface area contributed by atoms with Crippen LogP contribution in [0, 0.1) is 5.82 Å². The number of morpholine rings is 1. The number of hydrogen-bond donors (Lipinski definition) is 1. The minimum Gasteiger partial charge on any atom is -0.478 e. The number of rotatable bonds is 8. The lowest BCUT2D eigenvalue weighted by molar-refractivity contribution is -0.128. The van der Waals surface area contributed by atoms with Crippen molar-refractivity contribution < 1.29 is 18.7 Å². The van der Waals surface area contributed by atoms with Crippen LogP contribution in [0.15, 0.2) is 48.5 Å². The summed E-state index contributed by atoms with van der Waals surface area (Å²) in [6.07, 6.45) is -0.268. The maximum absolute atomic E-state index is 13.7. The van der Waals surface area contributed by atoms with E-state index in [2.05, 4.69) is 22.3 Å². The maximum Gasteiger partial charge on any atom is 0.261 e. The van der Waals surface area contributed by atoms with Gasteiger partial charge in [0.25, 0.3) is 5.91 Å². The van der Waals surface area contributed by atoms with E-state index in [1.54, 1.807) is 12.1 Å². The number of amides is 1. The lowest BCUT2D eigenvalue weighted by atomic mass is 10.1. The number of nitrogens with one attached hydrogen (secondary N) is 1. The van der Waals surface area contributed by atoms with Gasteiger partial charge in [0.05, 0.1) is 13.2 Å². The van der Waals surface area contributed by atoms with Gasteiger partial charge in [-0.1, -0.05) is 43.3 Å². The highest BCUT2D eigenvalue weighted by Gasteiger charge is 2.19. The Morgan fingerprint density at radius 1 is 1.14 bits per heavy atom. The molecular formula is C22H27FN2O3. The summed E-state index contributed by atoms with van der Waals surface area (Å²) in [6.45, 7) is 6.65. The van der Waals surface area contributed by atoms with Gasteiger partial charge < -0.3 is 14.8 Å². The van der Waals surface area contributed by atoms with Crippen molar-refractivity contribution in [3.8, 4) is 5.75 Å². The molecule has 5 nitrogen and oxygen atoms in total. The highest BCUT2D eigenvalue weighted by atomic mass is 19.1. The zero-order valence-corrected chi connectivity index (χ0v) is 16.2. The predicted molar refractivity (Wildman–Crippen MR) is 105 cm³/mol. The number of para-hydroxylation sites is 1. The molecule has 0 saturated carbocycles. The molecule has 0 unspecified atom stereocenters. The summed E-state index contributed by atoms with van der Waals surface area (Å²) in [4.78, 5) is 14.8. The van der Waals surface area contributed by atoms with Gasteiger partial charge in [-0.05, 0) is 29.7 Å². The van der Waals surface area contributed by atoms with Crippen molar-refractivity contribution in [2.24, 2.45) is 0 Å². The number of carbonyl (C=O) groups excluding carboxylic acids is 1. The molecule has 1 atom stereocenters. The first-order chi connectivity index (χ1) is 13.7. The van der Waals surface area contributed by atoms with Gasteiger partial charge in [-0.15, -0.1) is 0 Å². The Labute approximate surface area is 165 Å². The molecule has 1 fully saturated rings. The summed E-state index contributed by atoms with van der Waals surface area (Å²) >= 11 is 0. The number of nitrogens with zero attached hydrogens (tertiary/aromatic N) is 1. The highest BCUT2D eigenvalue weighted by molar-refractivity contribution is 5.81. The Morgan fingerprint density at radius 2 is 1.82 bits per heavy atom. The molecular weight excluding hydrogens is 359 g/mol. The van der Waals surface area contributed by atoms with E-state index in [0.717, 1.165) is 38.4 Å². The topological polar surface area (TPSA) is 50.8 Å². The molecule has 2 aromatic rings. The van der Waals surface area contributed by atoms with E-state index in [1.807, 2.05) is 19.1 Å². The van der Waals surface area contributed by atoms with Gasteiger partial charge in [0, 0.05) is 26.2 Å². The summed E-state index contributed by atoms with van der Waals surface area (Å²) in [5.41, 5.74) is 2.26. The Kier molecular flexibility index (Phi) is 7.39. The maximum atomic E-state index is 13.7. The van der Waals surface area contributed by atoms with Crippen molar-refractivity contribution in [1.82, 2.24) is 10.2 Å². The molecule has 0 spiro atoms. The summed E-state index contributed by atoms with van der Waals surface area (Å²) in [5.74, 6) is -0.621. The minimum absolute atomic E-state index is 0.0944. The van der Waals surface area contributed by atoms with Crippen molar-refractivity contribution in [3.05, 3.63) is 65.5 Å². The van der Waals surface area contributed by atoms with Gasteiger partial charge in [-0.3, -0.25) is 9.69 Å². The lowest BCUT2D eigenvalue weighted by Gasteiger charge is -2.26. The van der Waals surface area contributed by atoms with E-state index < -0.39 is 11.9 Å². The van der Waals surface area contributed by atoms with Crippen LogP contribution in [0.5, 0.6) is 5.75 Å². The number of carbonyl (C=O) groups is 1. The lowest BCUT2D eigenvalue weighted by Crippen LogP contribution is -2.37. The largest absolute Gasteiger partial charge is 0.478 e. The summed E-state index contributed by atoms with van der Waals surface area (Å²) in [5, 5.41) is 2.88. The number of ether oxygens (including phenoxy) is 2. The monoisotopic (exact) mass is 386 g/mol. The van der Waals surface area contributed by atoms with Gasteiger partial charge in [-0.25, -0.2) is 4.39 Å². The van der Waals surface area contributed by atoms with Crippen LogP contribution in [0.2, 0.25) is 0 Å². The summed E-state index contributed by atoms with van der Waals surface area (Å²) in [6, 6.07) is 14.3. The third kappa shape index (κ3) is 5.78. The van der Waals surface area contributed by atoms with Crippen molar-refractivity contribution in [2.45, 2.75) is 32.5 Å². The van der Waals surface area contributed by atoms with Crippen LogP contribution in [0.3, 0.4) is 0 Å². The molecule has 150 valence electrons. The second-order valence-corrected chi connectivity index (χ2v) is 6.87. The average molecular weight is 386 g/mol. The third-order valence-electron chi connectivity index (χ3n) is 4.77. The van der Waals surface area contributed by atoms with Crippen LogP contribution < -0.4 is 10.1 Å². The molecule has 0 aromatic heterocycles. The molecule has 6 heteroatoms. The molecule has 1 heterocycles. The Hall–Kier alpha value is -2.44. The third-order valence-corrected chi connectivity index (χ3v) is 4.77. The SMILES string of the molecule is CC[C@H](Oc1ccccc1F)C(=O)NCc1ccc(CN2CCOCC2)cc1. The number of benzene rings is 2. The second-order valence-electron chi connectivity index (χ2n) is 6.87. The second kappa shape index (κ2) is 10.2. The molecule has 1 saturated heterocycles. The standard InChI is InChI=1S/C22H27FN2O3/c1-2-20(28-21-6-4-3-5-19(21)23)22(26)24-15-17-7-9-18(10-8-17)16-25-11-13-27-14-12-25/h3-10,20H,2,11-16H2,1H3,(H,24,26)/t20-/m0/s1. The number of hydrogen-bond acceptors (Lipinski definition) is 4. The van der Waals surface area contributed by atoms with Gasteiger partial charge in [-0.2, -0.15) is 0 Å². The molecule has 1 N–H and O–H groups in total. The van der Waals surface area contributed by atoms with Crippen LogP contribution >= 0.6 is 0 Å². The number of halogens is 1. The summed E-state index contributed by atoms with van der Waals surface area (Å²) in [7, 11) is 0. The molecule has 3 rings (SSSR count). The van der Waals surface area contributed by atoms with Crippen molar-refractivity contribution in [1.29, 1.82) is 0 Å². The van der Waals surface area contributed by atoms with E-state index in [-0.39, 0.29) is 11.7 Å². The average Bonchev–Trinajstić information content (AvgIpc) is 2.73. The molecule has 28 heavy (non-hydrogen) atoms. The van der Waals surface area contributed by atoms with E-state index in [9.17, 15) is 9.18 Å². The van der Waals surface area contributed by atoms with E-state index in [0.29, 0.717) is 13.0 Å². The summed E-state index contributed by atoms with van der Waals surface area (Å²) < 4.78 is 24.7. The first kappa shape index (κ1) is 20.3. The fourth-order valence-electron chi connectivity index (χ4n) is 3.10. The van der Waals surface area contributed by atoms with E-state index in [1.165, 1.54) is 17.7 Å². The van der Waals surface area contributed by atoms with Crippen molar-refractivity contribution in [2.75, 3.05) is 26.3 Å². The highest BCUT2D eigenvalue weighted by Crippen LogP contribution is 2.18. The van der Waals surface area contributed by atoms with Crippen LogP contribution in [0.25, 0.3) is 0 Å². The minimum atomic E-state index is -0.725. The molecule has 0 aliphatic carbocycles. The Morgan fingerprint density at radius 3 is 2.50 bits per heavy atom. The first-order valence-corrected chi connectivity index (χ1v) is 9.72. The fourth-order valence-corrected chi connectivity index (χ4v) is 3.10. The molecule has 1 aliphatic rings. The predicted octanol–water partition coefficient (Wildman–Crippen LogP) is 3.13. The van der Waals surface area contributed by atoms with Gasteiger partial charge in [0.1, 0.15) is 0 Å². The van der Waals surface area contributed by atoms with Crippen LogP contribution in [0.1, 0.15) is 24.5 Å². The normalized spacial score (nSPS) is 15.8. The quantitative estimate of drug-likeness (QED) is 0.757. The zero-order valence-electron chi connectivity index (χ0n) is 16.2. The smallest absolute Gasteiger partial charge is 0.261 e. The zero-order chi connectivity index (χ0) is 19.8. The van der Waals surface area contributed by atoms with Crippen LogP contribution in [-0.2, 0) is 22.6 Å². The first-order valence-electron chi connectivity index (χ1n) is 9.72. The van der Waals surface area contributed by atoms with Crippen LogP contribution in [-0.4, -0.2) is 43.2 Å². The van der Waals surface area contributed by atoms with Crippen molar-refractivity contribution in [3.63, 3.8) is 0 Å². The molecule has 0 radical (unpaired) electrons. The molecule has 0 bridgehead atoms. The fraction of sp³-hybridized carbons (Fsp3) is 0.409. The van der Waals surface area contributed by atoms with E-state index in [4.69, 9.17) is 9.47 Å². The molecule has 1 amide bonds. The Balaban J connectivity index is 1.49. The van der Waals surface area contributed by atoms with E-state index >= 15 is 0 Å². The van der Waals surface area contributed by atoms with Gasteiger partial charge >= 0.3 is 0 Å². The van der Waals surface area contributed by atoms with Gasteiger partial charge in [0.2, 0.25) is 0 Å². The molecule has 2 aromatic carbocycles. The molecule has 1 aliphatic heterocycles.